The zero-order valence-corrected chi connectivity index (χ0v) is 29.1. The van der Waals surface area contributed by atoms with Gasteiger partial charge in [0.05, 0.1) is 12.2 Å². The van der Waals surface area contributed by atoms with E-state index in [1.807, 2.05) is 103 Å². The van der Waals surface area contributed by atoms with Crippen LogP contribution in [-0.4, -0.2) is 72.3 Å². The number of esters is 1. The van der Waals surface area contributed by atoms with E-state index in [1.165, 1.54) is 4.90 Å². The Labute approximate surface area is 299 Å². The Morgan fingerprint density at radius 2 is 1.49 bits per heavy atom. The molecule has 0 bridgehead atoms. The maximum Gasteiger partial charge on any atom is 0.339 e. The van der Waals surface area contributed by atoms with Crippen LogP contribution in [0.4, 0.5) is 0 Å². The van der Waals surface area contributed by atoms with E-state index >= 15 is 0 Å². The number of carbonyl (C=O) groups excluding carboxylic acids is 3. The van der Waals surface area contributed by atoms with Gasteiger partial charge in [-0.15, -0.1) is 0 Å². The zero-order chi connectivity index (χ0) is 34.4. The fraction of sp³-hybridized carbons (Fsp3) is 0.256. The molecule has 2 N–H and O–H groups in total. The van der Waals surface area contributed by atoms with Gasteiger partial charge in [-0.1, -0.05) is 103 Å². The van der Waals surface area contributed by atoms with E-state index in [2.05, 4.69) is 27.9 Å². The molecule has 1 heterocycles. The lowest BCUT2D eigenvalue weighted by Gasteiger charge is -2.33. The van der Waals surface area contributed by atoms with E-state index < -0.39 is 47.9 Å². The lowest BCUT2D eigenvalue weighted by Crippen LogP contribution is -2.51. The van der Waals surface area contributed by atoms with E-state index in [0.29, 0.717) is 11.1 Å². The van der Waals surface area contributed by atoms with Crippen molar-refractivity contribution in [2.75, 3.05) is 20.2 Å². The van der Waals surface area contributed by atoms with Crippen LogP contribution in [0.1, 0.15) is 33.5 Å². The van der Waals surface area contributed by atoms with Crippen molar-refractivity contribution in [3.05, 3.63) is 153 Å². The number of carbonyl (C=O) groups is 3. The van der Waals surface area contributed by atoms with Crippen LogP contribution in [0.2, 0.25) is 0 Å². The van der Waals surface area contributed by atoms with E-state index in [1.54, 1.807) is 25.3 Å². The van der Waals surface area contributed by atoms with Gasteiger partial charge in [0.1, 0.15) is 24.4 Å². The van der Waals surface area contributed by atoms with Gasteiger partial charge in [-0.25, -0.2) is 4.79 Å². The fourth-order valence-electron chi connectivity index (χ4n) is 6.32. The van der Waals surface area contributed by atoms with Crippen molar-refractivity contribution in [3.63, 3.8) is 0 Å². The number of hydrogen-bond acceptors (Lipinski definition) is 7. The molecule has 0 aromatic heterocycles. The lowest BCUT2D eigenvalue weighted by molar-refractivity contribution is -0.157. The summed E-state index contributed by atoms with van der Waals surface area (Å²) >= 11 is 2.09. The summed E-state index contributed by atoms with van der Waals surface area (Å²) in [4.78, 5) is 42.7. The predicted octanol–water partition coefficient (Wildman–Crippen LogP) is 5.01. The molecule has 0 saturated carbocycles. The molecular weight excluding hydrogens is 735 g/mol. The highest BCUT2D eigenvalue weighted by Crippen LogP contribution is 2.47. The van der Waals surface area contributed by atoms with Crippen molar-refractivity contribution in [3.8, 4) is 0 Å². The van der Waals surface area contributed by atoms with Crippen molar-refractivity contribution >= 4 is 40.4 Å². The molecule has 0 spiro atoms. The highest BCUT2D eigenvalue weighted by atomic mass is 127. The Balaban J connectivity index is 1.37. The number of amides is 2. The first-order valence-corrected chi connectivity index (χ1v) is 17.2. The highest BCUT2D eigenvalue weighted by Gasteiger charge is 2.55. The fourth-order valence-corrected chi connectivity index (χ4v) is 6.93. The first-order chi connectivity index (χ1) is 23.8. The van der Waals surface area contributed by atoms with Crippen LogP contribution in [0.15, 0.2) is 127 Å². The van der Waals surface area contributed by atoms with Crippen LogP contribution < -0.4 is 5.32 Å². The number of likely N-dealkylation sites (N-methyl/N-ethyl adjacent to an activating group) is 1. The van der Waals surface area contributed by atoms with Gasteiger partial charge in [-0.3, -0.25) is 9.59 Å². The van der Waals surface area contributed by atoms with Crippen LogP contribution in [0.5, 0.6) is 0 Å². The van der Waals surface area contributed by atoms with Gasteiger partial charge < -0.3 is 29.5 Å². The minimum atomic E-state index is -1.34. The van der Waals surface area contributed by atoms with Gasteiger partial charge in [0.15, 0.2) is 0 Å². The number of benzene rings is 4. The smallest absolute Gasteiger partial charge is 0.339 e. The largest absolute Gasteiger partial charge is 0.455 e. The third-order valence-electron chi connectivity index (χ3n) is 8.79. The maximum absolute atomic E-state index is 14.3. The van der Waals surface area contributed by atoms with Crippen LogP contribution in [0, 0.1) is 3.57 Å². The second-order valence-corrected chi connectivity index (χ2v) is 13.1. The second-order valence-electron chi connectivity index (χ2n) is 12.0. The molecule has 4 atom stereocenters. The number of ether oxygens (including phenoxy) is 3. The van der Waals surface area contributed by atoms with E-state index in [0.717, 1.165) is 20.3 Å². The summed E-state index contributed by atoms with van der Waals surface area (Å²) in [5, 5.41) is 12.1. The molecule has 2 amide bonds. The van der Waals surface area contributed by atoms with E-state index in [-0.39, 0.29) is 26.0 Å². The minimum absolute atomic E-state index is 0.0405. The third-order valence-corrected chi connectivity index (χ3v) is 9.73. The van der Waals surface area contributed by atoms with Gasteiger partial charge in [0.2, 0.25) is 17.6 Å². The Morgan fingerprint density at radius 1 is 0.898 bits per heavy atom. The number of aliphatic hydroxyl groups is 1. The number of nitrogens with zero attached hydrogens (tertiary/aromatic N) is 1. The first-order valence-electron chi connectivity index (χ1n) is 16.1. The molecule has 10 heteroatoms. The number of aliphatic hydroxyl groups excluding tert-OH is 1. The lowest BCUT2D eigenvalue weighted by atomic mass is 9.90. The molecule has 1 aliphatic heterocycles. The van der Waals surface area contributed by atoms with Gasteiger partial charge >= 0.3 is 5.97 Å². The number of rotatable bonds is 11. The number of fused-ring (bicyclic) bond motifs is 1. The summed E-state index contributed by atoms with van der Waals surface area (Å²) in [7, 11) is 1.58. The van der Waals surface area contributed by atoms with E-state index in [4.69, 9.17) is 14.2 Å². The molecule has 2 aliphatic rings. The Hall–Kier alpha value is -4.36. The van der Waals surface area contributed by atoms with Gasteiger partial charge in [-0.05, 0) is 46.4 Å². The normalized spacial score (nSPS) is 20.0. The third kappa shape index (κ3) is 7.47. The predicted molar refractivity (Wildman–Crippen MR) is 191 cm³/mol. The number of hydrogen-bond donors (Lipinski definition) is 2. The van der Waals surface area contributed by atoms with Crippen molar-refractivity contribution in [2.45, 2.75) is 43.0 Å². The molecule has 4 aromatic carbocycles. The monoisotopic (exact) mass is 772 g/mol. The molecule has 1 aliphatic carbocycles. The average Bonchev–Trinajstić information content (AvgIpc) is 3.55. The topological polar surface area (TPSA) is 114 Å². The molecule has 1 saturated heterocycles. The summed E-state index contributed by atoms with van der Waals surface area (Å²) in [6.45, 7) is -0.174. The average molecular weight is 773 g/mol. The summed E-state index contributed by atoms with van der Waals surface area (Å²) < 4.78 is 20.6. The van der Waals surface area contributed by atoms with Crippen molar-refractivity contribution in [2.24, 2.45) is 0 Å². The van der Waals surface area contributed by atoms with Crippen molar-refractivity contribution in [1.82, 2.24) is 10.2 Å². The Bertz CT molecular complexity index is 1760. The summed E-state index contributed by atoms with van der Waals surface area (Å²) in [6, 6.07) is 34.8. The van der Waals surface area contributed by atoms with Crippen LogP contribution in [0.3, 0.4) is 0 Å². The highest BCUT2D eigenvalue weighted by molar-refractivity contribution is 14.1. The van der Waals surface area contributed by atoms with Gasteiger partial charge in [0.25, 0.3) is 0 Å². The quantitative estimate of drug-likeness (QED) is 0.163. The number of halogens is 1. The molecule has 1 fully saturated rings. The maximum atomic E-state index is 14.3. The minimum Gasteiger partial charge on any atom is -0.455 e. The first kappa shape index (κ1) is 34.5. The van der Waals surface area contributed by atoms with E-state index in [9.17, 15) is 19.5 Å². The molecule has 49 heavy (non-hydrogen) atoms. The molecule has 4 aromatic rings. The zero-order valence-electron chi connectivity index (χ0n) is 26.9. The van der Waals surface area contributed by atoms with Gasteiger partial charge in [0, 0.05) is 46.7 Å². The summed E-state index contributed by atoms with van der Waals surface area (Å²) in [5.41, 5.74) is 3.11. The van der Waals surface area contributed by atoms with Crippen molar-refractivity contribution < 1.29 is 33.7 Å². The molecule has 0 radical (unpaired) electrons. The molecule has 252 valence electrons. The molecule has 9 nitrogen and oxygen atoms in total. The molecular formula is C39H37IN2O7. The second kappa shape index (κ2) is 15.5. The standard InChI is InChI=1S/C39H37IN2O7/c1-42(32(36(44)41-21-22-43)23-26-13-5-2-6-14-26)37(45)27-24-33(47-38(46)30-19-11-12-20-31(30)40)35-34(25-27)48-39(49-35,28-15-7-3-8-16-28)29-17-9-4-10-18-29/h2-20,25,32-35,43H,21-24H2,1H3,(H,41,44). The summed E-state index contributed by atoms with van der Waals surface area (Å²) in [6.07, 6.45) is -0.381. The Morgan fingerprint density at radius 3 is 2.10 bits per heavy atom. The van der Waals surface area contributed by atoms with Crippen LogP contribution >= 0.6 is 22.6 Å². The Kier molecular flexibility index (Phi) is 10.9. The summed E-state index contributed by atoms with van der Waals surface area (Å²) in [5.74, 6) is -2.68. The van der Waals surface area contributed by atoms with Crippen LogP contribution in [0.25, 0.3) is 0 Å². The van der Waals surface area contributed by atoms with Crippen molar-refractivity contribution in [1.29, 1.82) is 0 Å². The van der Waals surface area contributed by atoms with Gasteiger partial charge in [-0.2, -0.15) is 0 Å². The van der Waals surface area contributed by atoms with Crippen LogP contribution in [-0.2, 0) is 36.0 Å². The molecule has 6 rings (SSSR count). The molecule has 4 unspecified atom stereocenters. The SMILES string of the molecule is CN(C(=O)C1=CC2OC(c3ccccc3)(c3ccccc3)OC2C(OC(=O)c2ccccc2I)C1)C(Cc1ccccc1)C(=O)NCCO. The number of nitrogens with one attached hydrogen (secondary N) is 1.